The monoisotopic (exact) mass is 221 g/mol. The third kappa shape index (κ3) is 4.29. The Bertz CT molecular complexity index is 313. The van der Waals surface area contributed by atoms with Crippen molar-refractivity contribution in [3.63, 3.8) is 0 Å². The molecule has 4 nitrogen and oxygen atoms in total. The molecular weight excluding hydrogens is 202 g/mol. The summed E-state index contributed by atoms with van der Waals surface area (Å²) in [6, 6.07) is 5.47. The van der Waals surface area contributed by atoms with Gasteiger partial charge in [-0.25, -0.2) is 4.79 Å². The van der Waals surface area contributed by atoms with Gasteiger partial charge in [0.25, 0.3) is 0 Å². The number of pyridine rings is 1. The van der Waals surface area contributed by atoms with E-state index in [9.17, 15) is 4.79 Å². The van der Waals surface area contributed by atoms with Crippen molar-refractivity contribution in [2.24, 2.45) is 0 Å². The van der Waals surface area contributed by atoms with Crippen LogP contribution in [0.1, 0.15) is 38.4 Å². The minimum atomic E-state index is -0.133. The molecule has 0 fully saturated rings. The number of aromatic nitrogens is 1. The third-order valence-electron chi connectivity index (χ3n) is 2.29. The predicted octanol–water partition coefficient (Wildman–Crippen LogP) is 2.24. The van der Waals surface area contributed by atoms with E-state index in [0.29, 0.717) is 0 Å². The van der Waals surface area contributed by atoms with Gasteiger partial charge < -0.3 is 10.6 Å². The summed E-state index contributed by atoms with van der Waals surface area (Å²) in [4.78, 5) is 15.6. The molecule has 1 atom stereocenters. The molecule has 0 aliphatic rings. The molecule has 0 saturated carbocycles. The molecule has 0 spiro atoms. The predicted molar refractivity (Wildman–Crippen MR) is 64.1 cm³/mol. The highest BCUT2D eigenvalue weighted by Gasteiger charge is 2.08. The Kier molecular flexibility index (Phi) is 5.32. The van der Waals surface area contributed by atoms with Gasteiger partial charge in [0, 0.05) is 12.7 Å². The minimum absolute atomic E-state index is 0.0668. The fourth-order valence-electron chi connectivity index (χ4n) is 1.33. The van der Waals surface area contributed by atoms with Gasteiger partial charge >= 0.3 is 6.03 Å². The van der Waals surface area contributed by atoms with E-state index in [-0.39, 0.29) is 12.1 Å². The van der Waals surface area contributed by atoms with Gasteiger partial charge in [0.05, 0.1) is 11.7 Å². The molecule has 2 amide bonds. The van der Waals surface area contributed by atoms with Crippen LogP contribution in [-0.2, 0) is 0 Å². The van der Waals surface area contributed by atoms with Gasteiger partial charge in [-0.1, -0.05) is 19.4 Å². The van der Waals surface area contributed by atoms with Crippen LogP contribution >= 0.6 is 0 Å². The van der Waals surface area contributed by atoms with Crippen molar-refractivity contribution in [3.8, 4) is 0 Å². The number of hydrogen-bond donors (Lipinski definition) is 2. The topological polar surface area (TPSA) is 54.0 Å². The Labute approximate surface area is 96.5 Å². The van der Waals surface area contributed by atoms with E-state index in [0.717, 1.165) is 25.1 Å². The van der Waals surface area contributed by atoms with Gasteiger partial charge in [0.15, 0.2) is 0 Å². The van der Waals surface area contributed by atoms with Gasteiger partial charge in [0.1, 0.15) is 0 Å². The van der Waals surface area contributed by atoms with Crippen LogP contribution in [0.4, 0.5) is 4.79 Å². The largest absolute Gasteiger partial charge is 0.338 e. The van der Waals surface area contributed by atoms with E-state index >= 15 is 0 Å². The van der Waals surface area contributed by atoms with Gasteiger partial charge in [-0.15, -0.1) is 0 Å². The summed E-state index contributed by atoms with van der Waals surface area (Å²) in [5, 5.41) is 5.65. The first-order chi connectivity index (χ1) is 7.74. The first-order valence-electron chi connectivity index (χ1n) is 5.69. The molecule has 0 aromatic carbocycles. The van der Waals surface area contributed by atoms with E-state index in [1.807, 2.05) is 25.1 Å². The van der Waals surface area contributed by atoms with Gasteiger partial charge in [0.2, 0.25) is 0 Å². The van der Waals surface area contributed by atoms with E-state index in [1.54, 1.807) is 6.20 Å². The molecule has 1 aromatic heterocycles. The van der Waals surface area contributed by atoms with Crippen LogP contribution in [0.15, 0.2) is 24.4 Å². The molecule has 0 radical (unpaired) electrons. The second-order valence-corrected chi connectivity index (χ2v) is 3.73. The van der Waals surface area contributed by atoms with Crippen molar-refractivity contribution in [2.75, 3.05) is 6.54 Å². The number of hydrogen-bond acceptors (Lipinski definition) is 2. The Morgan fingerprint density at radius 1 is 1.50 bits per heavy atom. The lowest BCUT2D eigenvalue weighted by Crippen LogP contribution is -2.37. The quantitative estimate of drug-likeness (QED) is 0.749. The summed E-state index contributed by atoms with van der Waals surface area (Å²) < 4.78 is 0. The number of carbonyl (C=O) groups is 1. The smallest absolute Gasteiger partial charge is 0.315 e. The summed E-state index contributed by atoms with van der Waals surface area (Å²) in [6.07, 6.45) is 3.81. The lowest BCUT2D eigenvalue weighted by atomic mass is 10.2. The summed E-state index contributed by atoms with van der Waals surface area (Å²) in [7, 11) is 0. The second-order valence-electron chi connectivity index (χ2n) is 3.73. The van der Waals surface area contributed by atoms with E-state index in [1.165, 1.54) is 0 Å². The van der Waals surface area contributed by atoms with Crippen molar-refractivity contribution in [1.82, 2.24) is 15.6 Å². The van der Waals surface area contributed by atoms with E-state index in [2.05, 4.69) is 22.5 Å². The fourth-order valence-corrected chi connectivity index (χ4v) is 1.33. The van der Waals surface area contributed by atoms with Gasteiger partial charge in [-0.3, -0.25) is 4.98 Å². The van der Waals surface area contributed by atoms with Crippen molar-refractivity contribution >= 4 is 6.03 Å². The van der Waals surface area contributed by atoms with E-state index in [4.69, 9.17) is 0 Å². The maximum atomic E-state index is 11.5. The second kappa shape index (κ2) is 6.82. The first-order valence-corrected chi connectivity index (χ1v) is 5.69. The zero-order chi connectivity index (χ0) is 11.8. The molecule has 1 aromatic rings. The molecule has 0 aliphatic carbocycles. The summed E-state index contributed by atoms with van der Waals surface area (Å²) in [5.74, 6) is 0. The molecule has 16 heavy (non-hydrogen) atoms. The number of unbranched alkanes of at least 4 members (excludes halogenated alkanes) is 1. The highest BCUT2D eigenvalue weighted by molar-refractivity contribution is 5.74. The molecule has 4 heteroatoms. The Morgan fingerprint density at radius 2 is 2.31 bits per heavy atom. The molecule has 0 unspecified atom stereocenters. The number of amides is 2. The Morgan fingerprint density at radius 3 is 2.94 bits per heavy atom. The van der Waals surface area contributed by atoms with Crippen LogP contribution in [0.2, 0.25) is 0 Å². The van der Waals surface area contributed by atoms with Crippen LogP contribution < -0.4 is 10.6 Å². The fraction of sp³-hybridized carbons (Fsp3) is 0.500. The molecular formula is C12H19N3O. The van der Waals surface area contributed by atoms with Crippen molar-refractivity contribution in [2.45, 2.75) is 32.7 Å². The molecule has 0 bridgehead atoms. The van der Waals surface area contributed by atoms with Crippen molar-refractivity contribution < 1.29 is 4.79 Å². The normalized spacial score (nSPS) is 11.9. The van der Waals surface area contributed by atoms with Gasteiger partial charge in [-0.05, 0) is 25.5 Å². The molecule has 2 N–H and O–H groups in total. The maximum Gasteiger partial charge on any atom is 0.315 e. The molecule has 0 aliphatic heterocycles. The molecule has 1 rings (SSSR count). The number of nitrogens with one attached hydrogen (secondary N) is 2. The average molecular weight is 221 g/mol. The van der Waals surface area contributed by atoms with Crippen LogP contribution in [-0.4, -0.2) is 17.6 Å². The maximum absolute atomic E-state index is 11.5. The summed E-state index contributed by atoms with van der Waals surface area (Å²) >= 11 is 0. The van der Waals surface area contributed by atoms with Crippen molar-refractivity contribution in [3.05, 3.63) is 30.1 Å². The third-order valence-corrected chi connectivity index (χ3v) is 2.29. The average Bonchev–Trinajstić information content (AvgIpc) is 2.30. The number of rotatable bonds is 5. The van der Waals surface area contributed by atoms with Crippen molar-refractivity contribution in [1.29, 1.82) is 0 Å². The Balaban J connectivity index is 2.34. The van der Waals surface area contributed by atoms with Crippen LogP contribution in [0.25, 0.3) is 0 Å². The van der Waals surface area contributed by atoms with E-state index < -0.39 is 0 Å². The first kappa shape index (κ1) is 12.5. The number of urea groups is 1. The summed E-state index contributed by atoms with van der Waals surface area (Å²) in [5.41, 5.74) is 0.869. The van der Waals surface area contributed by atoms with Crippen LogP contribution in [0.3, 0.4) is 0 Å². The highest BCUT2D eigenvalue weighted by Crippen LogP contribution is 2.06. The standard InChI is InChI=1S/C12H19N3O/c1-3-4-8-14-12(16)15-10(2)11-7-5-6-9-13-11/h5-7,9-10H,3-4,8H2,1-2H3,(H2,14,15,16)/t10-/m0/s1. The van der Waals surface area contributed by atoms with Gasteiger partial charge in [-0.2, -0.15) is 0 Å². The highest BCUT2D eigenvalue weighted by atomic mass is 16.2. The summed E-state index contributed by atoms with van der Waals surface area (Å²) in [6.45, 7) is 4.73. The SMILES string of the molecule is CCCCNC(=O)N[C@@H](C)c1ccccn1. The molecule has 88 valence electrons. The minimum Gasteiger partial charge on any atom is -0.338 e. The number of carbonyl (C=O) groups excluding carboxylic acids is 1. The lowest BCUT2D eigenvalue weighted by molar-refractivity contribution is 0.237. The molecule has 0 saturated heterocycles. The lowest BCUT2D eigenvalue weighted by Gasteiger charge is -2.13. The van der Waals surface area contributed by atoms with Crippen LogP contribution in [0, 0.1) is 0 Å². The Hall–Kier alpha value is -1.58. The zero-order valence-electron chi connectivity index (χ0n) is 9.86. The zero-order valence-corrected chi connectivity index (χ0v) is 9.86. The number of nitrogens with zero attached hydrogens (tertiary/aromatic N) is 1. The molecule has 1 heterocycles. The van der Waals surface area contributed by atoms with Crippen LogP contribution in [0.5, 0.6) is 0 Å².